The highest BCUT2D eigenvalue weighted by atomic mass is 16.6. The number of hydrogen-bond donors (Lipinski definition) is 2. The number of carbonyl (C=O) groups excluding carboxylic acids is 1. The van der Waals surface area contributed by atoms with Crippen LogP contribution in [0.2, 0.25) is 0 Å². The van der Waals surface area contributed by atoms with Gasteiger partial charge in [0.2, 0.25) is 0 Å². The number of fused-ring (bicyclic) bond motifs is 2. The van der Waals surface area contributed by atoms with Crippen molar-refractivity contribution in [3.63, 3.8) is 0 Å². The molecule has 0 spiro atoms. The van der Waals surface area contributed by atoms with Gasteiger partial charge >= 0.3 is 0 Å². The number of amides is 1. The number of ether oxygens (including phenoxy) is 1. The number of rotatable bonds is 6. The summed E-state index contributed by atoms with van der Waals surface area (Å²) in [7, 11) is 1.63. The number of aryl methyl sites for hydroxylation is 1. The molecule has 2 aromatic carbocycles. The third-order valence-corrected chi connectivity index (χ3v) is 6.06. The average Bonchev–Trinajstić information content (AvgIpc) is 3.46. The first kappa shape index (κ1) is 19.8. The Morgan fingerprint density at radius 3 is 2.72 bits per heavy atom. The number of aromatic amines is 2. The van der Waals surface area contributed by atoms with E-state index in [1.54, 1.807) is 24.1 Å². The molecule has 3 heterocycles. The standard InChI is InChI=1S/C23H21N5O4/c1-13-20-21(26-25-13)23(29)27(22(20)14-3-5-16(6-4-14)28(30)31)10-9-15-12-24-19-8-7-17(32-2)11-18(15)19/h3-8,11-12,22,24H,9-10H2,1-2H3,(H,25,26)/t22-/m0/s1. The van der Waals surface area contributed by atoms with E-state index in [0.29, 0.717) is 18.7 Å². The number of nitrogens with zero attached hydrogens (tertiary/aromatic N) is 3. The Kier molecular flexibility index (Phi) is 4.66. The molecule has 0 aliphatic carbocycles. The monoisotopic (exact) mass is 431 g/mol. The van der Waals surface area contributed by atoms with Crippen molar-refractivity contribution in [3.8, 4) is 5.75 Å². The number of non-ortho nitro benzene ring substituents is 1. The molecule has 0 saturated carbocycles. The number of methoxy groups -OCH3 is 1. The molecule has 9 heteroatoms. The molecule has 1 amide bonds. The molecule has 5 rings (SSSR count). The van der Waals surface area contributed by atoms with Crippen molar-refractivity contribution in [2.75, 3.05) is 13.7 Å². The van der Waals surface area contributed by atoms with Crippen LogP contribution in [0.1, 0.15) is 38.9 Å². The number of nitrogens with one attached hydrogen (secondary N) is 2. The molecule has 162 valence electrons. The van der Waals surface area contributed by atoms with Crippen molar-refractivity contribution >= 4 is 22.5 Å². The first-order valence-corrected chi connectivity index (χ1v) is 10.2. The highest BCUT2D eigenvalue weighted by molar-refractivity contribution is 5.98. The summed E-state index contributed by atoms with van der Waals surface area (Å²) >= 11 is 0. The minimum absolute atomic E-state index is 0.0153. The van der Waals surface area contributed by atoms with E-state index in [2.05, 4.69) is 15.2 Å². The van der Waals surface area contributed by atoms with Crippen molar-refractivity contribution in [1.82, 2.24) is 20.1 Å². The second-order valence-corrected chi connectivity index (χ2v) is 7.84. The Labute approximate surface area is 183 Å². The van der Waals surface area contributed by atoms with Crippen LogP contribution < -0.4 is 4.74 Å². The summed E-state index contributed by atoms with van der Waals surface area (Å²) in [5.41, 5.74) is 4.96. The van der Waals surface area contributed by atoms with Crippen molar-refractivity contribution in [3.05, 3.63) is 86.9 Å². The number of nitro groups is 1. The number of carbonyl (C=O) groups is 1. The SMILES string of the molecule is COc1ccc2[nH]cc(CCN3C(=O)c4n[nH]c(C)c4[C@@H]3c3ccc([N+](=O)[O-])cc3)c2c1. The van der Waals surface area contributed by atoms with E-state index in [1.807, 2.05) is 31.3 Å². The molecule has 0 fully saturated rings. The van der Waals surface area contributed by atoms with Gasteiger partial charge in [-0.05, 0) is 54.8 Å². The first-order chi connectivity index (χ1) is 15.5. The molecule has 0 unspecified atom stereocenters. The summed E-state index contributed by atoms with van der Waals surface area (Å²) in [6.07, 6.45) is 2.59. The van der Waals surface area contributed by atoms with Crippen LogP contribution >= 0.6 is 0 Å². The summed E-state index contributed by atoms with van der Waals surface area (Å²) in [6.45, 7) is 2.35. The second-order valence-electron chi connectivity index (χ2n) is 7.84. The normalized spacial score (nSPS) is 15.4. The van der Waals surface area contributed by atoms with Crippen LogP contribution in [0.4, 0.5) is 5.69 Å². The number of aromatic nitrogens is 3. The number of hydrogen-bond acceptors (Lipinski definition) is 5. The maximum absolute atomic E-state index is 13.2. The van der Waals surface area contributed by atoms with Crippen LogP contribution in [0.5, 0.6) is 5.75 Å². The molecule has 32 heavy (non-hydrogen) atoms. The lowest BCUT2D eigenvalue weighted by molar-refractivity contribution is -0.384. The van der Waals surface area contributed by atoms with Gasteiger partial charge in [-0.2, -0.15) is 5.10 Å². The van der Waals surface area contributed by atoms with Gasteiger partial charge in [-0.1, -0.05) is 0 Å². The second kappa shape index (κ2) is 7.52. The van der Waals surface area contributed by atoms with Gasteiger partial charge in [0.15, 0.2) is 5.69 Å². The molecule has 2 aromatic heterocycles. The van der Waals surface area contributed by atoms with Gasteiger partial charge in [0, 0.05) is 47.0 Å². The molecular formula is C23H21N5O4. The molecule has 0 radical (unpaired) electrons. The van der Waals surface area contributed by atoms with Crippen LogP contribution in [-0.4, -0.2) is 44.6 Å². The lowest BCUT2D eigenvalue weighted by Crippen LogP contribution is -2.31. The van der Waals surface area contributed by atoms with Crippen molar-refractivity contribution in [1.29, 1.82) is 0 Å². The average molecular weight is 431 g/mol. The summed E-state index contributed by atoms with van der Waals surface area (Å²) in [5, 5.41) is 19.2. The summed E-state index contributed by atoms with van der Waals surface area (Å²) in [5.74, 6) is 0.625. The Bertz CT molecular complexity index is 1340. The van der Waals surface area contributed by atoms with E-state index in [1.165, 1.54) is 12.1 Å². The van der Waals surface area contributed by atoms with Crippen molar-refractivity contribution < 1.29 is 14.5 Å². The highest BCUT2D eigenvalue weighted by Crippen LogP contribution is 2.40. The van der Waals surface area contributed by atoms with E-state index in [0.717, 1.165) is 39.0 Å². The van der Waals surface area contributed by atoms with E-state index in [-0.39, 0.29) is 17.6 Å². The maximum atomic E-state index is 13.2. The molecule has 1 atom stereocenters. The van der Waals surface area contributed by atoms with Crippen LogP contribution in [0.25, 0.3) is 10.9 Å². The van der Waals surface area contributed by atoms with Gasteiger partial charge in [-0.3, -0.25) is 20.0 Å². The molecule has 4 aromatic rings. The quantitative estimate of drug-likeness (QED) is 0.355. The fourth-order valence-corrected chi connectivity index (χ4v) is 4.43. The third-order valence-electron chi connectivity index (χ3n) is 6.06. The van der Waals surface area contributed by atoms with E-state index < -0.39 is 4.92 Å². The van der Waals surface area contributed by atoms with Crippen molar-refractivity contribution in [2.45, 2.75) is 19.4 Å². The van der Waals surface area contributed by atoms with Gasteiger partial charge in [-0.25, -0.2) is 0 Å². The molecular weight excluding hydrogens is 410 g/mol. The molecule has 2 N–H and O–H groups in total. The fraction of sp³-hybridized carbons (Fsp3) is 0.217. The predicted molar refractivity (Wildman–Crippen MR) is 118 cm³/mol. The minimum Gasteiger partial charge on any atom is -0.497 e. The van der Waals surface area contributed by atoms with Gasteiger partial charge in [0.1, 0.15) is 5.75 Å². The maximum Gasteiger partial charge on any atom is 0.275 e. The Morgan fingerprint density at radius 1 is 1.22 bits per heavy atom. The highest BCUT2D eigenvalue weighted by Gasteiger charge is 2.41. The lowest BCUT2D eigenvalue weighted by atomic mass is 9.98. The Balaban J connectivity index is 1.48. The summed E-state index contributed by atoms with van der Waals surface area (Å²) in [4.78, 5) is 28.9. The number of nitro benzene ring substituents is 1. The fourth-order valence-electron chi connectivity index (χ4n) is 4.43. The van der Waals surface area contributed by atoms with Gasteiger partial charge in [0.05, 0.1) is 18.1 Å². The number of benzene rings is 2. The third kappa shape index (κ3) is 3.09. The zero-order valence-electron chi connectivity index (χ0n) is 17.6. The largest absolute Gasteiger partial charge is 0.497 e. The topological polar surface area (TPSA) is 117 Å². The van der Waals surface area contributed by atoms with E-state index in [4.69, 9.17) is 4.74 Å². The molecule has 0 saturated heterocycles. The van der Waals surface area contributed by atoms with Crippen LogP contribution in [0.3, 0.4) is 0 Å². The molecule has 1 aliphatic rings. The molecule has 9 nitrogen and oxygen atoms in total. The smallest absolute Gasteiger partial charge is 0.275 e. The Hall–Kier alpha value is -4.14. The van der Waals surface area contributed by atoms with Crippen LogP contribution in [0.15, 0.2) is 48.7 Å². The first-order valence-electron chi connectivity index (χ1n) is 10.2. The molecule has 0 bridgehead atoms. The van der Waals surface area contributed by atoms with Crippen LogP contribution in [-0.2, 0) is 6.42 Å². The van der Waals surface area contributed by atoms with Gasteiger partial charge in [-0.15, -0.1) is 0 Å². The Morgan fingerprint density at radius 2 is 2.00 bits per heavy atom. The lowest BCUT2D eigenvalue weighted by Gasteiger charge is -2.26. The predicted octanol–water partition coefficient (Wildman–Crippen LogP) is 3.90. The zero-order chi connectivity index (χ0) is 22.4. The molecule has 1 aliphatic heterocycles. The van der Waals surface area contributed by atoms with Gasteiger partial charge < -0.3 is 14.6 Å². The number of H-pyrrole nitrogens is 2. The van der Waals surface area contributed by atoms with E-state index >= 15 is 0 Å². The summed E-state index contributed by atoms with van der Waals surface area (Å²) in [6, 6.07) is 11.9. The van der Waals surface area contributed by atoms with E-state index in [9.17, 15) is 14.9 Å². The zero-order valence-corrected chi connectivity index (χ0v) is 17.6. The van der Waals surface area contributed by atoms with Gasteiger partial charge in [0.25, 0.3) is 11.6 Å². The van der Waals surface area contributed by atoms with Crippen molar-refractivity contribution in [2.24, 2.45) is 0 Å². The summed E-state index contributed by atoms with van der Waals surface area (Å²) < 4.78 is 5.35. The van der Waals surface area contributed by atoms with Crippen LogP contribution in [0, 0.1) is 17.0 Å². The minimum atomic E-state index is -0.429.